The van der Waals surface area contributed by atoms with Gasteiger partial charge in [-0.15, -0.1) is 12.4 Å². The maximum absolute atomic E-state index is 9.28. The Bertz CT molecular complexity index is 529. The fourth-order valence-corrected chi connectivity index (χ4v) is 2.10. The molecule has 3 nitrogen and oxygen atoms in total. The van der Waals surface area contributed by atoms with Gasteiger partial charge in [-0.2, -0.15) is 0 Å². The number of methoxy groups -OCH3 is 1. The number of nitrogens with one attached hydrogen (secondary N) is 1. The van der Waals surface area contributed by atoms with Crippen LogP contribution in [0, 0.1) is 0 Å². The molecule has 2 aromatic rings. The highest BCUT2D eigenvalue weighted by Gasteiger charge is 2.07. The van der Waals surface area contributed by atoms with E-state index in [0.29, 0.717) is 13.1 Å². The van der Waals surface area contributed by atoms with E-state index >= 15 is 0 Å². The van der Waals surface area contributed by atoms with Gasteiger partial charge < -0.3 is 15.2 Å². The monoisotopic (exact) mass is 281 g/mol. The van der Waals surface area contributed by atoms with Crippen molar-refractivity contribution in [3.8, 4) is 5.75 Å². The van der Waals surface area contributed by atoms with Gasteiger partial charge in [0.15, 0.2) is 0 Å². The van der Waals surface area contributed by atoms with E-state index in [1.54, 1.807) is 14.0 Å². The SMILES string of the molecule is COc1ccc2ccccc2c1CNCC(C)O.Cl. The van der Waals surface area contributed by atoms with E-state index in [1.165, 1.54) is 10.8 Å². The van der Waals surface area contributed by atoms with Crippen LogP contribution in [0.3, 0.4) is 0 Å². The Hall–Kier alpha value is -1.29. The molecular weight excluding hydrogens is 262 g/mol. The Balaban J connectivity index is 0.00000180. The van der Waals surface area contributed by atoms with E-state index in [-0.39, 0.29) is 18.5 Å². The Labute approximate surface area is 120 Å². The Morgan fingerprint density at radius 2 is 1.95 bits per heavy atom. The van der Waals surface area contributed by atoms with Crippen molar-refractivity contribution < 1.29 is 9.84 Å². The lowest BCUT2D eigenvalue weighted by Crippen LogP contribution is -2.24. The van der Waals surface area contributed by atoms with Crippen molar-refractivity contribution in [2.24, 2.45) is 0 Å². The van der Waals surface area contributed by atoms with Gasteiger partial charge in [0, 0.05) is 18.7 Å². The zero-order chi connectivity index (χ0) is 13.0. The summed E-state index contributed by atoms with van der Waals surface area (Å²) in [6.45, 7) is 3.04. The van der Waals surface area contributed by atoms with Crippen LogP contribution < -0.4 is 10.1 Å². The first-order valence-corrected chi connectivity index (χ1v) is 6.15. The minimum absolute atomic E-state index is 0. The van der Waals surface area contributed by atoms with E-state index in [9.17, 15) is 5.11 Å². The predicted molar refractivity (Wildman–Crippen MR) is 81.1 cm³/mol. The van der Waals surface area contributed by atoms with Crippen molar-refractivity contribution in [2.45, 2.75) is 19.6 Å². The van der Waals surface area contributed by atoms with Gasteiger partial charge in [0.05, 0.1) is 13.2 Å². The Kier molecular flexibility index (Phi) is 6.09. The molecule has 2 aromatic carbocycles. The molecule has 0 spiro atoms. The Morgan fingerprint density at radius 1 is 1.21 bits per heavy atom. The number of ether oxygens (including phenoxy) is 1. The molecule has 2 rings (SSSR count). The summed E-state index contributed by atoms with van der Waals surface area (Å²) in [6, 6.07) is 12.3. The molecule has 0 saturated heterocycles. The normalized spacial score (nSPS) is 11.9. The van der Waals surface area contributed by atoms with E-state index in [0.717, 1.165) is 11.3 Å². The molecule has 0 aliphatic heterocycles. The topological polar surface area (TPSA) is 41.5 Å². The maximum atomic E-state index is 9.28. The third-order valence-electron chi connectivity index (χ3n) is 2.96. The highest BCUT2D eigenvalue weighted by molar-refractivity contribution is 5.87. The van der Waals surface area contributed by atoms with E-state index in [2.05, 4.69) is 23.5 Å². The van der Waals surface area contributed by atoms with Crippen LogP contribution in [0.2, 0.25) is 0 Å². The lowest BCUT2D eigenvalue weighted by molar-refractivity contribution is 0.191. The number of rotatable bonds is 5. The van der Waals surface area contributed by atoms with Crippen molar-refractivity contribution in [3.05, 3.63) is 42.0 Å². The van der Waals surface area contributed by atoms with Crippen LogP contribution in [-0.4, -0.2) is 24.9 Å². The minimum Gasteiger partial charge on any atom is -0.496 e. The van der Waals surface area contributed by atoms with Crippen LogP contribution in [0.15, 0.2) is 36.4 Å². The summed E-state index contributed by atoms with van der Waals surface area (Å²) in [4.78, 5) is 0. The third-order valence-corrected chi connectivity index (χ3v) is 2.96. The predicted octanol–water partition coefficient (Wildman–Crippen LogP) is 2.74. The number of hydrogen-bond acceptors (Lipinski definition) is 3. The summed E-state index contributed by atoms with van der Waals surface area (Å²) < 4.78 is 5.41. The molecule has 0 heterocycles. The fourth-order valence-electron chi connectivity index (χ4n) is 2.10. The first-order valence-electron chi connectivity index (χ1n) is 6.15. The number of hydrogen-bond donors (Lipinski definition) is 2. The second-order valence-corrected chi connectivity index (χ2v) is 4.45. The molecule has 0 saturated carbocycles. The molecular formula is C15H20ClNO2. The summed E-state index contributed by atoms with van der Waals surface area (Å²) in [6.07, 6.45) is -0.342. The van der Waals surface area contributed by atoms with Gasteiger partial charge in [0.2, 0.25) is 0 Å². The second-order valence-electron chi connectivity index (χ2n) is 4.45. The molecule has 0 aliphatic carbocycles. The van der Waals surface area contributed by atoms with Crippen LogP contribution in [0.4, 0.5) is 0 Å². The zero-order valence-electron chi connectivity index (χ0n) is 11.2. The van der Waals surface area contributed by atoms with Crippen molar-refractivity contribution >= 4 is 23.2 Å². The zero-order valence-corrected chi connectivity index (χ0v) is 12.0. The molecule has 1 atom stereocenters. The summed E-state index contributed by atoms with van der Waals surface area (Å²) in [7, 11) is 1.68. The number of halogens is 1. The molecule has 0 aliphatic rings. The van der Waals surface area contributed by atoms with E-state index in [4.69, 9.17) is 4.74 Å². The average molecular weight is 282 g/mol. The number of benzene rings is 2. The molecule has 104 valence electrons. The Morgan fingerprint density at radius 3 is 2.63 bits per heavy atom. The summed E-state index contributed by atoms with van der Waals surface area (Å²) in [5.41, 5.74) is 1.14. The maximum Gasteiger partial charge on any atom is 0.123 e. The highest BCUT2D eigenvalue weighted by atomic mass is 35.5. The second kappa shape index (κ2) is 7.34. The molecule has 0 bridgehead atoms. The van der Waals surface area contributed by atoms with Gasteiger partial charge >= 0.3 is 0 Å². The molecule has 0 fully saturated rings. The van der Waals surface area contributed by atoms with Gasteiger partial charge in [-0.3, -0.25) is 0 Å². The van der Waals surface area contributed by atoms with Crippen molar-refractivity contribution in [3.63, 3.8) is 0 Å². The molecule has 4 heteroatoms. The quantitative estimate of drug-likeness (QED) is 0.885. The van der Waals surface area contributed by atoms with E-state index in [1.807, 2.05) is 18.2 Å². The standard InChI is InChI=1S/C15H19NO2.ClH/c1-11(17)9-16-10-14-13-6-4-3-5-12(13)7-8-15(14)18-2;/h3-8,11,16-17H,9-10H2,1-2H3;1H. The molecule has 1 unspecified atom stereocenters. The number of aliphatic hydroxyl groups is 1. The van der Waals surface area contributed by atoms with Crippen LogP contribution in [0.1, 0.15) is 12.5 Å². The molecule has 0 radical (unpaired) electrons. The minimum atomic E-state index is -0.342. The summed E-state index contributed by atoms with van der Waals surface area (Å²) in [5, 5.41) is 14.9. The first kappa shape index (κ1) is 15.8. The molecule has 0 aromatic heterocycles. The molecule has 0 amide bonds. The average Bonchev–Trinajstić information content (AvgIpc) is 2.38. The highest BCUT2D eigenvalue weighted by Crippen LogP contribution is 2.27. The van der Waals surface area contributed by atoms with Crippen LogP contribution in [0.5, 0.6) is 5.75 Å². The number of fused-ring (bicyclic) bond motifs is 1. The van der Waals surface area contributed by atoms with Gasteiger partial charge in [-0.05, 0) is 23.8 Å². The molecule has 2 N–H and O–H groups in total. The van der Waals surface area contributed by atoms with E-state index < -0.39 is 0 Å². The lowest BCUT2D eigenvalue weighted by atomic mass is 10.0. The van der Waals surface area contributed by atoms with Crippen LogP contribution in [-0.2, 0) is 6.54 Å². The van der Waals surface area contributed by atoms with Gasteiger partial charge in [-0.1, -0.05) is 30.3 Å². The third kappa shape index (κ3) is 3.83. The largest absolute Gasteiger partial charge is 0.496 e. The first-order chi connectivity index (χ1) is 8.72. The number of aliphatic hydroxyl groups excluding tert-OH is 1. The van der Waals surface area contributed by atoms with Gasteiger partial charge in [-0.25, -0.2) is 0 Å². The van der Waals surface area contributed by atoms with Crippen LogP contribution in [0.25, 0.3) is 10.8 Å². The summed E-state index contributed by atoms with van der Waals surface area (Å²) in [5.74, 6) is 0.881. The lowest BCUT2D eigenvalue weighted by Gasteiger charge is -2.13. The fraction of sp³-hybridized carbons (Fsp3) is 0.333. The van der Waals surface area contributed by atoms with Crippen molar-refractivity contribution in [2.75, 3.05) is 13.7 Å². The smallest absolute Gasteiger partial charge is 0.123 e. The van der Waals surface area contributed by atoms with Crippen LogP contribution >= 0.6 is 12.4 Å². The van der Waals surface area contributed by atoms with Gasteiger partial charge in [0.1, 0.15) is 5.75 Å². The molecule has 19 heavy (non-hydrogen) atoms. The van der Waals surface area contributed by atoms with Crippen molar-refractivity contribution in [1.82, 2.24) is 5.32 Å². The summed E-state index contributed by atoms with van der Waals surface area (Å²) >= 11 is 0. The van der Waals surface area contributed by atoms with Gasteiger partial charge in [0.25, 0.3) is 0 Å². The van der Waals surface area contributed by atoms with Crippen molar-refractivity contribution in [1.29, 1.82) is 0 Å².